The highest BCUT2D eigenvalue weighted by Crippen LogP contribution is 2.39. The molecule has 33 heavy (non-hydrogen) atoms. The fraction of sp³-hybridized carbons (Fsp3) is 0.320. The quantitative estimate of drug-likeness (QED) is 0.587. The first kappa shape index (κ1) is 22.1. The highest BCUT2D eigenvalue weighted by molar-refractivity contribution is 7.16. The topological polar surface area (TPSA) is 65.5 Å². The van der Waals surface area contributed by atoms with E-state index in [9.17, 15) is 9.59 Å². The lowest BCUT2D eigenvalue weighted by atomic mass is 10.1. The monoisotopic (exact) mass is 480 g/mol. The molecule has 1 N–H and O–H groups in total. The Bertz CT molecular complexity index is 1140. The molecule has 1 atom stereocenters. The molecule has 0 saturated carbocycles. The number of hydrogen-bond donors (Lipinski definition) is 1. The summed E-state index contributed by atoms with van der Waals surface area (Å²) in [6.07, 6.45) is 1.62. The van der Waals surface area contributed by atoms with E-state index in [0.29, 0.717) is 15.7 Å². The number of anilines is 1. The standard InChI is InChI=1S/C25H25ClN4O2S/c26-19-8-6-18(7-9-19)23(31)28-25-27-22-20(10-11-21(22)33-25)24(32)30-14-12-29(13-15-30)16-17-4-2-1-3-5-17/h1-9,20H,10-16H2,(H,27,28,31). The number of halogens is 1. The maximum atomic E-state index is 13.3. The number of rotatable bonds is 5. The molecule has 1 aliphatic heterocycles. The SMILES string of the molecule is O=C(Nc1nc2c(s1)CCC2C(=O)N1CCN(Cc2ccccc2)CC1)c1ccc(Cl)cc1. The van der Waals surface area contributed by atoms with Crippen LogP contribution in [-0.2, 0) is 17.8 Å². The molecule has 170 valence electrons. The average molecular weight is 481 g/mol. The summed E-state index contributed by atoms with van der Waals surface area (Å²) < 4.78 is 0. The number of hydrogen-bond acceptors (Lipinski definition) is 5. The van der Waals surface area contributed by atoms with Crippen molar-refractivity contribution in [1.82, 2.24) is 14.8 Å². The Balaban J connectivity index is 1.19. The average Bonchev–Trinajstić information content (AvgIpc) is 3.40. The van der Waals surface area contributed by atoms with Gasteiger partial charge in [-0.15, -0.1) is 11.3 Å². The molecule has 3 aromatic rings. The summed E-state index contributed by atoms with van der Waals surface area (Å²) in [6, 6.07) is 17.2. The molecule has 1 unspecified atom stereocenters. The summed E-state index contributed by atoms with van der Waals surface area (Å²) in [7, 11) is 0. The Labute approximate surface area is 202 Å². The number of carbonyl (C=O) groups is 2. The summed E-state index contributed by atoms with van der Waals surface area (Å²) in [6.45, 7) is 4.14. The molecule has 1 fully saturated rings. The fourth-order valence-corrected chi connectivity index (χ4v) is 5.64. The highest BCUT2D eigenvalue weighted by Gasteiger charge is 2.36. The summed E-state index contributed by atoms with van der Waals surface area (Å²) in [4.78, 5) is 35.9. The minimum atomic E-state index is -0.225. The van der Waals surface area contributed by atoms with Gasteiger partial charge in [-0.1, -0.05) is 41.9 Å². The number of carbonyl (C=O) groups excluding carboxylic acids is 2. The van der Waals surface area contributed by atoms with E-state index >= 15 is 0 Å². The molecule has 1 aromatic heterocycles. The van der Waals surface area contributed by atoms with Gasteiger partial charge in [0.1, 0.15) is 0 Å². The van der Waals surface area contributed by atoms with E-state index in [-0.39, 0.29) is 17.7 Å². The van der Waals surface area contributed by atoms with Crippen molar-refractivity contribution in [2.75, 3.05) is 31.5 Å². The molecular formula is C25H25ClN4O2S. The number of amides is 2. The molecule has 0 bridgehead atoms. The van der Waals surface area contributed by atoms with E-state index in [1.807, 2.05) is 11.0 Å². The molecule has 0 radical (unpaired) electrons. The fourth-order valence-electron chi connectivity index (χ4n) is 4.48. The first-order chi connectivity index (χ1) is 16.1. The normalized spacial score (nSPS) is 18.2. The van der Waals surface area contributed by atoms with Gasteiger partial charge in [0.15, 0.2) is 5.13 Å². The van der Waals surface area contributed by atoms with Crippen LogP contribution in [0.2, 0.25) is 5.02 Å². The van der Waals surface area contributed by atoms with Crippen LogP contribution in [0.4, 0.5) is 5.13 Å². The Morgan fingerprint density at radius 2 is 1.76 bits per heavy atom. The van der Waals surface area contributed by atoms with Gasteiger partial charge in [-0.3, -0.25) is 19.8 Å². The van der Waals surface area contributed by atoms with Crippen molar-refractivity contribution >= 4 is 39.9 Å². The number of aryl methyl sites for hydroxylation is 1. The maximum absolute atomic E-state index is 13.3. The third kappa shape index (κ3) is 4.95. The van der Waals surface area contributed by atoms with Crippen LogP contribution in [-0.4, -0.2) is 52.8 Å². The van der Waals surface area contributed by atoms with Crippen LogP contribution in [0, 0.1) is 0 Å². The van der Waals surface area contributed by atoms with Gasteiger partial charge in [0.25, 0.3) is 5.91 Å². The number of benzene rings is 2. The van der Waals surface area contributed by atoms with Crippen molar-refractivity contribution in [3.05, 3.63) is 81.3 Å². The second-order valence-corrected chi connectivity index (χ2v) is 9.99. The highest BCUT2D eigenvalue weighted by atomic mass is 35.5. The molecule has 6 nitrogen and oxygen atoms in total. The van der Waals surface area contributed by atoms with Crippen LogP contribution in [0.3, 0.4) is 0 Å². The van der Waals surface area contributed by atoms with Crippen molar-refractivity contribution in [3.8, 4) is 0 Å². The summed E-state index contributed by atoms with van der Waals surface area (Å²) in [5.41, 5.74) is 2.66. The summed E-state index contributed by atoms with van der Waals surface area (Å²) in [5.74, 6) is -0.274. The maximum Gasteiger partial charge on any atom is 0.257 e. The largest absolute Gasteiger partial charge is 0.340 e. The number of fused-ring (bicyclic) bond motifs is 1. The van der Waals surface area contributed by atoms with Gasteiger partial charge >= 0.3 is 0 Å². The molecule has 2 amide bonds. The van der Waals surface area contributed by atoms with E-state index in [1.165, 1.54) is 16.9 Å². The minimum Gasteiger partial charge on any atom is -0.340 e. The Morgan fingerprint density at radius 1 is 1.03 bits per heavy atom. The molecule has 0 spiro atoms. The van der Waals surface area contributed by atoms with E-state index in [1.54, 1.807) is 24.3 Å². The molecule has 2 heterocycles. The van der Waals surface area contributed by atoms with Gasteiger partial charge < -0.3 is 4.90 Å². The predicted molar refractivity (Wildman–Crippen MR) is 131 cm³/mol. The number of nitrogens with zero attached hydrogens (tertiary/aromatic N) is 3. The van der Waals surface area contributed by atoms with Gasteiger partial charge in [0, 0.05) is 48.2 Å². The molecule has 1 saturated heterocycles. The number of thiazole rings is 1. The third-order valence-corrected chi connectivity index (χ3v) is 7.57. The van der Waals surface area contributed by atoms with E-state index in [4.69, 9.17) is 11.6 Å². The van der Waals surface area contributed by atoms with Crippen molar-refractivity contribution in [3.63, 3.8) is 0 Å². The Hall–Kier alpha value is -2.74. The zero-order valence-electron chi connectivity index (χ0n) is 18.2. The zero-order chi connectivity index (χ0) is 22.8. The van der Waals surface area contributed by atoms with Crippen LogP contribution >= 0.6 is 22.9 Å². The van der Waals surface area contributed by atoms with E-state index in [2.05, 4.69) is 39.5 Å². The van der Waals surface area contributed by atoms with Crippen LogP contribution < -0.4 is 5.32 Å². The molecule has 5 rings (SSSR count). The van der Waals surface area contributed by atoms with Crippen LogP contribution in [0.1, 0.15) is 38.8 Å². The molecular weight excluding hydrogens is 456 g/mol. The lowest BCUT2D eigenvalue weighted by Crippen LogP contribution is -2.49. The number of aromatic nitrogens is 1. The number of piperazine rings is 1. The molecule has 2 aliphatic rings. The molecule has 2 aromatic carbocycles. The van der Waals surface area contributed by atoms with Crippen molar-refractivity contribution in [1.29, 1.82) is 0 Å². The van der Waals surface area contributed by atoms with Gasteiger partial charge in [-0.05, 0) is 42.7 Å². The van der Waals surface area contributed by atoms with Crippen molar-refractivity contribution in [2.45, 2.75) is 25.3 Å². The second-order valence-electron chi connectivity index (χ2n) is 8.47. The Kier molecular flexibility index (Phi) is 6.44. The molecule has 1 aliphatic carbocycles. The summed E-state index contributed by atoms with van der Waals surface area (Å²) in [5, 5.41) is 4.00. The van der Waals surface area contributed by atoms with E-state index < -0.39 is 0 Å². The van der Waals surface area contributed by atoms with Crippen molar-refractivity contribution in [2.24, 2.45) is 0 Å². The first-order valence-corrected chi connectivity index (χ1v) is 12.4. The zero-order valence-corrected chi connectivity index (χ0v) is 19.7. The van der Waals surface area contributed by atoms with Crippen molar-refractivity contribution < 1.29 is 9.59 Å². The van der Waals surface area contributed by atoms with Gasteiger partial charge in [0.05, 0.1) is 11.6 Å². The Morgan fingerprint density at radius 3 is 2.48 bits per heavy atom. The van der Waals surface area contributed by atoms with Crippen LogP contribution in [0.15, 0.2) is 54.6 Å². The minimum absolute atomic E-state index is 0.161. The van der Waals surface area contributed by atoms with E-state index in [0.717, 1.165) is 56.1 Å². The smallest absolute Gasteiger partial charge is 0.257 e. The molecule has 8 heteroatoms. The third-order valence-electron chi connectivity index (χ3n) is 6.28. The van der Waals surface area contributed by atoms with Gasteiger partial charge in [-0.25, -0.2) is 4.98 Å². The predicted octanol–water partition coefficient (Wildman–Crippen LogP) is 4.42. The van der Waals surface area contributed by atoms with Crippen LogP contribution in [0.5, 0.6) is 0 Å². The van der Waals surface area contributed by atoms with Gasteiger partial charge in [0.2, 0.25) is 5.91 Å². The number of nitrogens with one attached hydrogen (secondary N) is 1. The van der Waals surface area contributed by atoms with Gasteiger partial charge in [-0.2, -0.15) is 0 Å². The summed E-state index contributed by atoms with van der Waals surface area (Å²) >= 11 is 7.37. The second kappa shape index (κ2) is 9.63. The lowest BCUT2D eigenvalue weighted by Gasteiger charge is -2.36. The first-order valence-electron chi connectivity index (χ1n) is 11.2. The van der Waals surface area contributed by atoms with Crippen LogP contribution in [0.25, 0.3) is 0 Å². The lowest BCUT2D eigenvalue weighted by molar-refractivity contribution is -0.134.